The van der Waals surface area contributed by atoms with Crippen molar-refractivity contribution in [3.05, 3.63) is 30.1 Å². The lowest BCUT2D eigenvalue weighted by molar-refractivity contribution is -0.166. The van der Waals surface area contributed by atoms with E-state index in [2.05, 4.69) is 0 Å². The van der Waals surface area contributed by atoms with Crippen molar-refractivity contribution in [2.75, 3.05) is 11.4 Å². The number of amides is 1. The second-order valence-corrected chi connectivity index (χ2v) is 3.45. The number of hydrogen-bond acceptors (Lipinski definition) is 1. The number of carbonyl (C=O) groups excluding carboxylic acids is 1. The highest BCUT2D eigenvalue weighted by molar-refractivity contribution is 5.98. The number of alkyl halides is 4. The Morgan fingerprint density at radius 1 is 1.39 bits per heavy atom. The van der Waals surface area contributed by atoms with Crippen molar-refractivity contribution >= 4 is 11.6 Å². The summed E-state index contributed by atoms with van der Waals surface area (Å²) in [6.45, 7) is 1.05. The van der Waals surface area contributed by atoms with Gasteiger partial charge >= 0.3 is 18.3 Å². The van der Waals surface area contributed by atoms with Crippen LogP contribution in [0.5, 0.6) is 0 Å². The van der Waals surface area contributed by atoms with Crippen molar-refractivity contribution in [1.29, 1.82) is 0 Å². The van der Waals surface area contributed by atoms with Gasteiger partial charge in [0.2, 0.25) is 0 Å². The van der Waals surface area contributed by atoms with Gasteiger partial charge in [-0.05, 0) is 25.1 Å². The van der Waals surface area contributed by atoms with Crippen LogP contribution in [0.2, 0.25) is 0 Å². The molecule has 0 fully saturated rings. The number of rotatable bonds is 4. The molecule has 1 aromatic rings. The fourth-order valence-corrected chi connectivity index (χ4v) is 1.36. The van der Waals surface area contributed by atoms with Crippen molar-refractivity contribution in [2.24, 2.45) is 0 Å². The predicted octanol–water partition coefficient (Wildman–Crippen LogP) is 3.08. The molecule has 0 aromatic heterocycles. The molecule has 2 nitrogen and oxygen atoms in total. The summed E-state index contributed by atoms with van der Waals surface area (Å²) in [5.74, 6) is -7.59. The van der Waals surface area contributed by atoms with Crippen LogP contribution in [0.15, 0.2) is 24.3 Å². The molecule has 7 heteroatoms. The first-order chi connectivity index (χ1) is 8.30. The van der Waals surface area contributed by atoms with Crippen molar-refractivity contribution in [3.8, 4) is 0 Å². The van der Waals surface area contributed by atoms with E-state index in [9.17, 15) is 26.7 Å². The van der Waals surface area contributed by atoms with E-state index in [4.69, 9.17) is 0 Å². The molecule has 0 spiro atoms. The van der Waals surface area contributed by atoms with Gasteiger partial charge < -0.3 is 4.90 Å². The highest BCUT2D eigenvalue weighted by Crippen LogP contribution is 2.28. The zero-order chi connectivity index (χ0) is 13.9. The minimum Gasteiger partial charge on any atom is -0.307 e. The monoisotopic (exact) mass is 267 g/mol. The summed E-state index contributed by atoms with van der Waals surface area (Å²) in [4.78, 5) is 11.7. The average Bonchev–Trinajstić information content (AvgIpc) is 2.29. The van der Waals surface area contributed by atoms with Crippen LogP contribution in [0.1, 0.15) is 6.92 Å². The van der Waals surface area contributed by atoms with E-state index in [0.717, 1.165) is 12.1 Å². The molecule has 0 atom stereocenters. The summed E-state index contributed by atoms with van der Waals surface area (Å²) in [5, 5.41) is 0. The maximum atomic E-state index is 12.9. The molecule has 0 saturated carbocycles. The number of halogens is 5. The molecule has 1 amide bonds. The van der Waals surface area contributed by atoms with E-state index < -0.39 is 24.1 Å². The van der Waals surface area contributed by atoms with Gasteiger partial charge in [0.25, 0.3) is 0 Å². The second kappa shape index (κ2) is 5.32. The van der Waals surface area contributed by atoms with E-state index in [1.807, 2.05) is 0 Å². The third-order valence-electron chi connectivity index (χ3n) is 2.24. The molecule has 0 aliphatic carbocycles. The normalized spacial score (nSPS) is 11.7. The van der Waals surface area contributed by atoms with Crippen molar-refractivity contribution in [3.63, 3.8) is 0 Å². The van der Waals surface area contributed by atoms with Crippen molar-refractivity contribution < 1.29 is 26.7 Å². The fourth-order valence-electron chi connectivity index (χ4n) is 1.36. The molecule has 18 heavy (non-hydrogen) atoms. The quantitative estimate of drug-likeness (QED) is 0.768. The summed E-state index contributed by atoms with van der Waals surface area (Å²) in [5.41, 5.74) is -0.192. The van der Waals surface area contributed by atoms with Crippen LogP contribution in [-0.4, -0.2) is 24.8 Å². The Balaban J connectivity index is 3.08. The highest BCUT2D eigenvalue weighted by Gasteiger charge is 2.51. The van der Waals surface area contributed by atoms with Crippen LogP contribution < -0.4 is 4.90 Å². The summed E-state index contributed by atoms with van der Waals surface area (Å²) in [6, 6.07) is 4.25. The Hall–Kier alpha value is -1.66. The van der Waals surface area contributed by atoms with Crippen LogP contribution in [0.3, 0.4) is 0 Å². The van der Waals surface area contributed by atoms with Crippen LogP contribution in [0, 0.1) is 5.82 Å². The fraction of sp³-hybridized carbons (Fsp3) is 0.364. The molecule has 0 unspecified atom stereocenters. The van der Waals surface area contributed by atoms with Gasteiger partial charge in [0, 0.05) is 12.2 Å². The van der Waals surface area contributed by atoms with E-state index >= 15 is 0 Å². The van der Waals surface area contributed by atoms with E-state index in [0.29, 0.717) is 4.90 Å². The van der Waals surface area contributed by atoms with Crippen LogP contribution in [0.4, 0.5) is 27.6 Å². The smallest absolute Gasteiger partial charge is 0.307 e. The van der Waals surface area contributed by atoms with Crippen LogP contribution in [0.25, 0.3) is 0 Å². The molecule has 0 heterocycles. The molecule has 1 aromatic carbocycles. The highest BCUT2D eigenvalue weighted by atomic mass is 19.3. The molecule has 0 radical (unpaired) electrons. The second-order valence-electron chi connectivity index (χ2n) is 3.45. The zero-order valence-electron chi connectivity index (χ0n) is 9.34. The Bertz CT molecular complexity index is 435. The topological polar surface area (TPSA) is 20.3 Å². The minimum absolute atomic E-state index is 0.192. The average molecular weight is 267 g/mol. The Morgan fingerprint density at radius 2 is 2.00 bits per heavy atom. The van der Waals surface area contributed by atoms with Gasteiger partial charge in [-0.1, -0.05) is 6.07 Å². The summed E-state index contributed by atoms with van der Waals surface area (Å²) in [7, 11) is 0. The Labute approximate surface area is 100 Å². The Kier molecular flexibility index (Phi) is 4.26. The lowest BCUT2D eigenvalue weighted by atomic mass is 10.2. The first-order valence-electron chi connectivity index (χ1n) is 5.04. The van der Waals surface area contributed by atoms with Crippen molar-refractivity contribution in [2.45, 2.75) is 19.3 Å². The standard InChI is InChI=1S/C11H10F5NO/c1-2-17(8-5-3-4-7(12)6-8)10(18)11(15,16)9(13)14/h3-6,9H,2H2,1H3. The van der Waals surface area contributed by atoms with Gasteiger partial charge in [0.1, 0.15) is 5.82 Å². The minimum atomic E-state index is -4.79. The molecule has 0 aliphatic rings. The molecule has 100 valence electrons. The molecule has 1 rings (SSSR count). The first kappa shape index (κ1) is 14.4. The van der Waals surface area contributed by atoms with Crippen molar-refractivity contribution in [1.82, 2.24) is 0 Å². The van der Waals surface area contributed by atoms with Crippen LogP contribution >= 0.6 is 0 Å². The van der Waals surface area contributed by atoms with Gasteiger partial charge in [-0.2, -0.15) is 8.78 Å². The molecular weight excluding hydrogens is 257 g/mol. The Morgan fingerprint density at radius 3 is 2.44 bits per heavy atom. The SMILES string of the molecule is CCN(C(=O)C(F)(F)C(F)F)c1cccc(F)c1. The molecular formula is C11H10F5NO. The van der Waals surface area contributed by atoms with Gasteiger partial charge in [0.15, 0.2) is 0 Å². The van der Waals surface area contributed by atoms with E-state index in [-0.39, 0.29) is 12.2 Å². The molecule has 0 aliphatic heterocycles. The van der Waals surface area contributed by atoms with E-state index in [1.165, 1.54) is 19.1 Å². The zero-order valence-corrected chi connectivity index (χ0v) is 9.34. The first-order valence-corrected chi connectivity index (χ1v) is 5.04. The largest absolute Gasteiger partial charge is 0.384 e. The van der Waals surface area contributed by atoms with Gasteiger partial charge in [-0.15, -0.1) is 0 Å². The summed E-state index contributed by atoms with van der Waals surface area (Å²) in [6.07, 6.45) is -4.10. The number of benzene rings is 1. The molecule has 0 saturated heterocycles. The van der Waals surface area contributed by atoms with Gasteiger partial charge in [-0.25, -0.2) is 13.2 Å². The number of anilines is 1. The van der Waals surface area contributed by atoms with Gasteiger partial charge in [0.05, 0.1) is 0 Å². The predicted molar refractivity (Wildman–Crippen MR) is 55.4 cm³/mol. The number of hydrogen-bond donors (Lipinski definition) is 0. The number of carbonyl (C=O) groups is 1. The summed E-state index contributed by atoms with van der Waals surface area (Å²) < 4.78 is 62.9. The maximum absolute atomic E-state index is 12.9. The summed E-state index contributed by atoms with van der Waals surface area (Å²) >= 11 is 0. The number of nitrogens with zero attached hydrogens (tertiary/aromatic N) is 1. The molecule has 0 N–H and O–H groups in total. The lowest BCUT2D eigenvalue weighted by Crippen LogP contribution is -2.48. The van der Waals surface area contributed by atoms with Crippen LogP contribution in [-0.2, 0) is 4.79 Å². The maximum Gasteiger partial charge on any atom is 0.384 e. The van der Waals surface area contributed by atoms with Gasteiger partial charge in [-0.3, -0.25) is 4.79 Å². The van der Waals surface area contributed by atoms with E-state index in [1.54, 1.807) is 0 Å². The third-order valence-corrected chi connectivity index (χ3v) is 2.24. The third kappa shape index (κ3) is 2.77. The lowest BCUT2D eigenvalue weighted by Gasteiger charge is -2.25. The molecule has 0 bridgehead atoms.